The molecule has 144 valence electrons. The molecule has 0 spiro atoms. The largest absolute Gasteiger partial charge is 1.00 e. The van der Waals surface area contributed by atoms with E-state index in [1.54, 1.807) is 0 Å². The Hall–Kier alpha value is 0.330. The molecule has 0 aromatic heterocycles. The van der Waals surface area contributed by atoms with Gasteiger partial charge in [-0.1, -0.05) is 23.2 Å². The minimum Gasteiger partial charge on any atom is -0.743 e. The van der Waals surface area contributed by atoms with Gasteiger partial charge in [-0.2, -0.15) is 17.6 Å². The molecule has 0 unspecified atom stereocenters. The molecular formula is C9H5Cl2F4NaO7S3. The van der Waals surface area contributed by atoms with Crippen LogP contribution in [0.3, 0.4) is 0 Å². The smallest absolute Gasteiger partial charge is 0.743 e. The summed E-state index contributed by atoms with van der Waals surface area (Å²) in [7, 11) is -17.8. The zero-order chi connectivity index (χ0) is 20.2. The van der Waals surface area contributed by atoms with Crippen molar-refractivity contribution in [1.29, 1.82) is 0 Å². The van der Waals surface area contributed by atoms with E-state index in [0.29, 0.717) is 18.4 Å². The van der Waals surface area contributed by atoms with E-state index in [1.165, 1.54) is 0 Å². The first-order valence-corrected chi connectivity index (χ1v) is 11.0. The predicted octanol–water partition coefficient (Wildman–Crippen LogP) is -1.09. The summed E-state index contributed by atoms with van der Waals surface area (Å²) >= 11 is 10.7. The van der Waals surface area contributed by atoms with E-state index < -0.39 is 60.1 Å². The van der Waals surface area contributed by atoms with Crippen molar-refractivity contribution < 1.29 is 76.9 Å². The minimum atomic E-state index is -7.10. The molecule has 0 heterocycles. The third kappa shape index (κ3) is 4.33. The number of alkyl halides is 4. The summed E-state index contributed by atoms with van der Waals surface area (Å²) in [6, 6.07) is 0.658. The van der Waals surface area contributed by atoms with E-state index in [9.17, 15) is 47.4 Å². The molecule has 0 aliphatic rings. The molecule has 0 atom stereocenters. The number of sulfone groups is 2. The van der Waals surface area contributed by atoms with E-state index in [2.05, 4.69) is 0 Å². The van der Waals surface area contributed by atoms with Crippen LogP contribution in [0.5, 0.6) is 0 Å². The van der Waals surface area contributed by atoms with Crippen LogP contribution in [0.2, 0.25) is 10.0 Å². The van der Waals surface area contributed by atoms with Crippen molar-refractivity contribution in [2.45, 2.75) is 20.3 Å². The van der Waals surface area contributed by atoms with Gasteiger partial charge in [-0.05, 0) is 12.1 Å². The van der Waals surface area contributed by atoms with E-state index in [4.69, 9.17) is 23.2 Å². The van der Waals surface area contributed by atoms with Gasteiger partial charge in [0.25, 0.3) is 9.84 Å². The van der Waals surface area contributed by atoms with Crippen LogP contribution in [-0.4, -0.2) is 46.6 Å². The Morgan fingerprint density at radius 2 is 1.23 bits per heavy atom. The topological polar surface area (TPSA) is 125 Å². The van der Waals surface area contributed by atoms with Gasteiger partial charge in [0.1, 0.15) is 4.90 Å². The fourth-order valence-electron chi connectivity index (χ4n) is 1.44. The van der Waals surface area contributed by atoms with Crippen LogP contribution in [0, 0.1) is 0 Å². The minimum absolute atomic E-state index is 0. The second-order valence-electron chi connectivity index (χ2n) is 4.48. The Labute approximate surface area is 177 Å². The monoisotopic (exact) mass is 490 g/mol. The number of hydrogen-bond donors (Lipinski definition) is 0. The Morgan fingerprint density at radius 3 is 1.50 bits per heavy atom. The van der Waals surface area contributed by atoms with Crippen LogP contribution in [0.25, 0.3) is 0 Å². The maximum absolute atomic E-state index is 13.7. The van der Waals surface area contributed by atoms with Gasteiger partial charge in [-0.3, -0.25) is 0 Å². The summed E-state index contributed by atoms with van der Waals surface area (Å²) in [5, 5.41) is -15.6. The van der Waals surface area contributed by atoms with Gasteiger partial charge in [-0.15, -0.1) is 0 Å². The molecule has 0 saturated heterocycles. The van der Waals surface area contributed by atoms with Crippen LogP contribution in [-0.2, 0) is 29.8 Å². The molecule has 1 rings (SSSR count). The van der Waals surface area contributed by atoms with Crippen molar-refractivity contribution >= 4 is 53.0 Å². The van der Waals surface area contributed by atoms with Crippen LogP contribution in [0.4, 0.5) is 17.6 Å². The Balaban J connectivity index is 0.00000625. The van der Waals surface area contributed by atoms with Crippen molar-refractivity contribution in [3.05, 3.63) is 22.2 Å². The molecule has 1 aromatic rings. The number of hydrogen-bond acceptors (Lipinski definition) is 7. The van der Waals surface area contributed by atoms with Gasteiger partial charge in [0.05, 0.1) is 14.9 Å². The van der Waals surface area contributed by atoms with Crippen LogP contribution < -0.4 is 29.6 Å². The summed E-state index contributed by atoms with van der Waals surface area (Å²) < 4.78 is 131. The van der Waals surface area contributed by atoms with E-state index >= 15 is 0 Å². The molecule has 17 heteroatoms. The summed E-state index contributed by atoms with van der Waals surface area (Å²) in [4.78, 5) is -2.59. The Morgan fingerprint density at radius 1 is 0.885 bits per heavy atom. The second-order valence-corrected chi connectivity index (χ2v) is 10.7. The average Bonchev–Trinajstić information content (AvgIpc) is 2.34. The first kappa shape index (κ1) is 26.3. The zero-order valence-corrected chi connectivity index (χ0v) is 18.5. The van der Waals surface area contributed by atoms with Crippen molar-refractivity contribution in [3.63, 3.8) is 0 Å². The molecule has 0 N–H and O–H groups in total. The van der Waals surface area contributed by atoms with Gasteiger partial charge in [-0.25, -0.2) is 25.3 Å². The van der Waals surface area contributed by atoms with Gasteiger partial charge >= 0.3 is 40.1 Å². The SMILES string of the molecule is CS(=O)(=O)c1cc(Cl)c(S(=O)(=O)C(F)(F)C(F)(F)S(=O)(=O)[O-])c(Cl)c1.[Na+]. The molecule has 0 aliphatic carbocycles. The van der Waals surface area contributed by atoms with Crippen molar-refractivity contribution in [2.24, 2.45) is 0 Å². The van der Waals surface area contributed by atoms with Crippen molar-refractivity contribution in [1.82, 2.24) is 0 Å². The molecular weight excluding hydrogens is 486 g/mol. The molecule has 0 bridgehead atoms. The first-order valence-electron chi connectivity index (χ1n) is 5.43. The molecule has 0 amide bonds. The third-order valence-corrected chi connectivity index (χ3v) is 7.49. The zero-order valence-electron chi connectivity index (χ0n) is 12.5. The summed E-state index contributed by atoms with van der Waals surface area (Å²) in [6.45, 7) is 0. The van der Waals surface area contributed by atoms with Crippen LogP contribution in [0.15, 0.2) is 21.9 Å². The van der Waals surface area contributed by atoms with Gasteiger partial charge in [0.2, 0.25) is 0 Å². The molecule has 1 aromatic carbocycles. The summed E-state index contributed by atoms with van der Waals surface area (Å²) in [5.74, 6) is 0. The molecule has 0 fully saturated rings. The van der Waals surface area contributed by atoms with E-state index in [0.717, 1.165) is 0 Å². The first-order chi connectivity index (χ1) is 10.8. The molecule has 0 radical (unpaired) electrons. The average molecular weight is 491 g/mol. The van der Waals surface area contributed by atoms with Crippen molar-refractivity contribution in [3.8, 4) is 0 Å². The molecule has 0 saturated carbocycles. The van der Waals surface area contributed by atoms with E-state index in [-0.39, 0.29) is 29.6 Å². The number of halogens is 6. The van der Waals surface area contributed by atoms with Gasteiger partial charge in [0.15, 0.2) is 20.0 Å². The Bertz CT molecular complexity index is 1020. The van der Waals surface area contributed by atoms with Gasteiger partial charge < -0.3 is 4.55 Å². The van der Waals surface area contributed by atoms with Gasteiger partial charge in [0, 0.05) is 6.26 Å². The quantitative estimate of drug-likeness (QED) is 0.291. The molecule has 7 nitrogen and oxygen atoms in total. The number of rotatable bonds is 5. The Kier molecular flexibility index (Phi) is 7.73. The summed E-state index contributed by atoms with van der Waals surface area (Å²) in [6.07, 6.45) is 0.621. The second kappa shape index (κ2) is 7.63. The summed E-state index contributed by atoms with van der Waals surface area (Å²) in [5.41, 5.74) is 0. The van der Waals surface area contributed by atoms with Crippen LogP contribution in [0.1, 0.15) is 0 Å². The maximum Gasteiger partial charge on any atom is 1.00 e. The fraction of sp³-hybridized carbons (Fsp3) is 0.333. The number of benzene rings is 1. The maximum atomic E-state index is 13.7. The predicted molar refractivity (Wildman–Crippen MR) is 76.3 cm³/mol. The third-order valence-electron chi connectivity index (χ3n) is 2.66. The molecule has 0 aliphatic heterocycles. The van der Waals surface area contributed by atoms with E-state index in [1.807, 2.05) is 0 Å². The fourth-order valence-corrected chi connectivity index (χ4v) is 5.45. The normalized spacial score (nSPS) is 14.0. The van der Waals surface area contributed by atoms with Crippen molar-refractivity contribution in [2.75, 3.05) is 6.26 Å². The molecule has 26 heavy (non-hydrogen) atoms. The standard InChI is InChI=1S/C9H6Cl2F4O7S3.Na/c1-23(16,17)4-2-5(10)7(6(11)3-4)24(18,19)8(12,13)9(14,15)25(20,21)22;/h2-3H,1H3,(H,20,21,22);/q;+1/p-1. The van der Waals surface area contributed by atoms with Crippen LogP contribution >= 0.6 is 23.2 Å².